The van der Waals surface area contributed by atoms with E-state index in [0.717, 1.165) is 18.0 Å². The highest BCUT2D eigenvalue weighted by atomic mass is 35.5. The van der Waals surface area contributed by atoms with E-state index in [1.165, 1.54) is 18.4 Å². The second kappa shape index (κ2) is 4.36. The summed E-state index contributed by atoms with van der Waals surface area (Å²) in [6, 6.07) is 8.53. The van der Waals surface area contributed by atoms with Gasteiger partial charge in [0.2, 0.25) is 0 Å². The summed E-state index contributed by atoms with van der Waals surface area (Å²) in [5.74, 6) is 0. The fourth-order valence-electron chi connectivity index (χ4n) is 2.74. The molecule has 2 aliphatic rings. The molecule has 0 spiro atoms. The van der Waals surface area contributed by atoms with Crippen LogP contribution in [0.5, 0.6) is 0 Å². The average Bonchev–Trinajstić information content (AvgIpc) is 2.90. The molecule has 3 rings (SSSR count). The van der Waals surface area contributed by atoms with Gasteiger partial charge in [0, 0.05) is 17.6 Å². The molecule has 0 radical (unpaired) electrons. The lowest BCUT2D eigenvalue weighted by atomic mass is 9.95. The molecule has 2 bridgehead atoms. The molecule has 2 aliphatic heterocycles. The summed E-state index contributed by atoms with van der Waals surface area (Å²) in [7, 11) is 0. The zero-order valence-electron chi connectivity index (χ0n) is 9.16. The van der Waals surface area contributed by atoms with E-state index in [1.54, 1.807) is 0 Å². The minimum atomic E-state index is 0.437. The maximum atomic E-state index is 6.12. The van der Waals surface area contributed by atoms with Gasteiger partial charge in [-0.3, -0.25) is 0 Å². The van der Waals surface area contributed by atoms with Crippen LogP contribution in [0.4, 0.5) is 0 Å². The highest BCUT2D eigenvalue weighted by Crippen LogP contribution is 2.34. The van der Waals surface area contributed by atoms with Crippen molar-refractivity contribution in [2.75, 3.05) is 0 Å². The summed E-state index contributed by atoms with van der Waals surface area (Å²) in [6.07, 6.45) is 4.57. The number of hydrogen-bond acceptors (Lipinski definition) is 2. The van der Waals surface area contributed by atoms with E-state index < -0.39 is 0 Å². The van der Waals surface area contributed by atoms with Crippen molar-refractivity contribution in [1.82, 2.24) is 5.32 Å². The van der Waals surface area contributed by atoms with Gasteiger partial charge in [0.15, 0.2) is 0 Å². The van der Waals surface area contributed by atoms with Gasteiger partial charge in [-0.2, -0.15) is 0 Å². The number of halogens is 1. The Labute approximate surface area is 101 Å². The van der Waals surface area contributed by atoms with Gasteiger partial charge in [-0.1, -0.05) is 29.8 Å². The predicted octanol–water partition coefficient (Wildman–Crippen LogP) is 2.75. The number of nitrogens with one attached hydrogen (secondary N) is 1. The molecule has 3 atom stereocenters. The van der Waals surface area contributed by atoms with Crippen molar-refractivity contribution in [2.45, 2.75) is 44.1 Å². The van der Waals surface area contributed by atoms with Crippen LogP contribution in [0, 0.1) is 0 Å². The SMILES string of the molecule is Clc1ccccc1CNC1CC2CCC1O2. The Morgan fingerprint density at radius 3 is 2.88 bits per heavy atom. The minimum absolute atomic E-state index is 0.437. The van der Waals surface area contributed by atoms with E-state index >= 15 is 0 Å². The summed E-state index contributed by atoms with van der Waals surface area (Å²) >= 11 is 6.12. The Morgan fingerprint density at radius 2 is 2.19 bits per heavy atom. The largest absolute Gasteiger partial charge is 0.373 e. The maximum absolute atomic E-state index is 6.12. The topological polar surface area (TPSA) is 21.3 Å². The lowest BCUT2D eigenvalue weighted by Crippen LogP contribution is -2.37. The summed E-state index contributed by atoms with van der Waals surface area (Å²) in [4.78, 5) is 0. The summed E-state index contributed by atoms with van der Waals surface area (Å²) in [5.41, 5.74) is 1.17. The third kappa shape index (κ3) is 1.97. The van der Waals surface area contributed by atoms with Crippen LogP contribution in [0.25, 0.3) is 0 Å². The third-order valence-electron chi connectivity index (χ3n) is 3.62. The van der Waals surface area contributed by atoms with Gasteiger partial charge in [-0.15, -0.1) is 0 Å². The van der Waals surface area contributed by atoms with Crippen LogP contribution in [0.15, 0.2) is 24.3 Å². The number of rotatable bonds is 3. The molecule has 2 heterocycles. The lowest BCUT2D eigenvalue weighted by Gasteiger charge is -2.20. The number of benzene rings is 1. The van der Waals surface area contributed by atoms with Crippen LogP contribution in [-0.4, -0.2) is 18.2 Å². The van der Waals surface area contributed by atoms with E-state index in [-0.39, 0.29) is 0 Å². The fraction of sp³-hybridized carbons (Fsp3) is 0.538. The van der Waals surface area contributed by atoms with Crippen molar-refractivity contribution in [3.63, 3.8) is 0 Å². The molecule has 3 unspecified atom stereocenters. The Balaban J connectivity index is 1.59. The minimum Gasteiger partial charge on any atom is -0.373 e. The maximum Gasteiger partial charge on any atom is 0.0733 e. The molecule has 1 aromatic carbocycles. The zero-order chi connectivity index (χ0) is 11.0. The second-order valence-electron chi connectivity index (χ2n) is 4.69. The monoisotopic (exact) mass is 237 g/mol. The summed E-state index contributed by atoms with van der Waals surface area (Å²) < 4.78 is 5.81. The number of ether oxygens (including phenoxy) is 1. The quantitative estimate of drug-likeness (QED) is 0.873. The molecule has 1 N–H and O–H groups in total. The third-order valence-corrected chi connectivity index (χ3v) is 3.99. The predicted molar refractivity (Wildman–Crippen MR) is 64.6 cm³/mol. The first kappa shape index (κ1) is 10.6. The van der Waals surface area contributed by atoms with Gasteiger partial charge in [0.05, 0.1) is 12.2 Å². The van der Waals surface area contributed by atoms with Crippen LogP contribution >= 0.6 is 11.6 Å². The van der Waals surface area contributed by atoms with Gasteiger partial charge in [-0.25, -0.2) is 0 Å². The van der Waals surface area contributed by atoms with Gasteiger partial charge in [0.25, 0.3) is 0 Å². The van der Waals surface area contributed by atoms with E-state index in [4.69, 9.17) is 16.3 Å². The van der Waals surface area contributed by atoms with Crippen LogP contribution in [0.3, 0.4) is 0 Å². The highest BCUT2D eigenvalue weighted by Gasteiger charge is 2.40. The molecule has 0 amide bonds. The van der Waals surface area contributed by atoms with Crippen LogP contribution in [-0.2, 0) is 11.3 Å². The standard InChI is InChI=1S/C13H16ClNO/c14-11-4-2-1-3-9(11)8-15-12-7-10-5-6-13(12)16-10/h1-4,10,12-13,15H,5-8H2. The summed E-state index contributed by atoms with van der Waals surface area (Å²) in [5, 5.41) is 4.41. The highest BCUT2D eigenvalue weighted by molar-refractivity contribution is 6.31. The first-order valence-electron chi connectivity index (χ1n) is 5.95. The molecule has 86 valence electrons. The Hall–Kier alpha value is -0.570. The average molecular weight is 238 g/mol. The molecule has 3 heteroatoms. The molecule has 2 fully saturated rings. The van der Waals surface area contributed by atoms with Crippen molar-refractivity contribution in [1.29, 1.82) is 0 Å². The Kier molecular flexibility index (Phi) is 2.88. The van der Waals surface area contributed by atoms with Crippen molar-refractivity contribution in [3.8, 4) is 0 Å². The zero-order valence-corrected chi connectivity index (χ0v) is 9.91. The molecule has 16 heavy (non-hydrogen) atoms. The fourth-order valence-corrected chi connectivity index (χ4v) is 2.94. The summed E-state index contributed by atoms with van der Waals surface area (Å²) in [6.45, 7) is 0.844. The normalized spacial score (nSPS) is 32.2. The van der Waals surface area contributed by atoms with Crippen molar-refractivity contribution in [2.24, 2.45) is 0 Å². The molecule has 0 aromatic heterocycles. The number of hydrogen-bond donors (Lipinski definition) is 1. The molecular formula is C13H16ClNO. The van der Waals surface area contributed by atoms with E-state index in [2.05, 4.69) is 11.4 Å². The van der Waals surface area contributed by atoms with Gasteiger partial charge in [0.1, 0.15) is 0 Å². The molecule has 1 aromatic rings. The van der Waals surface area contributed by atoms with Gasteiger partial charge >= 0.3 is 0 Å². The van der Waals surface area contributed by atoms with Gasteiger partial charge in [-0.05, 0) is 30.9 Å². The van der Waals surface area contributed by atoms with E-state index in [9.17, 15) is 0 Å². The molecule has 0 aliphatic carbocycles. The van der Waals surface area contributed by atoms with Crippen molar-refractivity contribution < 1.29 is 4.74 Å². The second-order valence-corrected chi connectivity index (χ2v) is 5.10. The van der Waals surface area contributed by atoms with Crippen LogP contribution in [0.2, 0.25) is 5.02 Å². The molecule has 0 saturated carbocycles. The smallest absolute Gasteiger partial charge is 0.0733 e. The van der Waals surface area contributed by atoms with E-state index in [1.807, 2.05) is 18.2 Å². The molecule has 2 nitrogen and oxygen atoms in total. The number of fused-ring (bicyclic) bond motifs is 2. The van der Waals surface area contributed by atoms with Crippen molar-refractivity contribution >= 4 is 11.6 Å². The van der Waals surface area contributed by atoms with E-state index in [0.29, 0.717) is 18.2 Å². The molecule has 2 saturated heterocycles. The first-order chi connectivity index (χ1) is 7.83. The van der Waals surface area contributed by atoms with Gasteiger partial charge < -0.3 is 10.1 Å². The lowest BCUT2D eigenvalue weighted by molar-refractivity contribution is 0.0973. The van der Waals surface area contributed by atoms with Crippen molar-refractivity contribution in [3.05, 3.63) is 34.9 Å². The first-order valence-corrected chi connectivity index (χ1v) is 6.33. The van der Waals surface area contributed by atoms with Crippen LogP contribution < -0.4 is 5.32 Å². The Bertz CT molecular complexity index is 382. The Morgan fingerprint density at radius 1 is 1.31 bits per heavy atom. The molecular weight excluding hydrogens is 222 g/mol. The van der Waals surface area contributed by atoms with Crippen LogP contribution in [0.1, 0.15) is 24.8 Å².